The molecule has 4 N–H and O–H groups in total. The fourth-order valence-corrected chi connectivity index (χ4v) is 2.51. The smallest absolute Gasteiger partial charge is 0.263 e. The molecule has 2 rings (SSSR count). The lowest BCUT2D eigenvalue weighted by Crippen LogP contribution is -2.12. The van der Waals surface area contributed by atoms with E-state index in [1.165, 1.54) is 18.6 Å². The van der Waals surface area contributed by atoms with Gasteiger partial charge in [0, 0.05) is 24.6 Å². The molecule has 0 saturated heterocycles. The minimum atomic E-state index is -3.56. The van der Waals surface area contributed by atoms with E-state index in [0.717, 1.165) is 12.2 Å². The standard InChI is InChI=1S/C10H15N5O2S/c1-2-11-4-8-3-10(7-12-8)18(16,17)15-9-5-13-14-6-9/h3,5-7,11-12,15H,2,4H2,1H3,(H,13,14). The third-order valence-electron chi connectivity index (χ3n) is 2.34. The molecule has 0 amide bonds. The largest absolute Gasteiger partial charge is 0.363 e. The normalized spacial score (nSPS) is 11.6. The van der Waals surface area contributed by atoms with Crippen molar-refractivity contribution in [1.29, 1.82) is 0 Å². The van der Waals surface area contributed by atoms with Crippen LogP contribution in [0, 0.1) is 0 Å². The molecule has 0 aromatic carbocycles. The molecular weight excluding hydrogens is 254 g/mol. The number of nitrogens with one attached hydrogen (secondary N) is 4. The van der Waals surface area contributed by atoms with Gasteiger partial charge >= 0.3 is 0 Å². The lowest BCUT2D eigenvalue weighted by atomic mass is 10.4. The van der Waals surface area contributed by atoms with Crippen molar-refractivity contribution in [3.63, 3.8) is 0 Å². The van der Waals surface area contributed by atoms with Crippen molar-refractivity contribution in [2.45, 2.75) is 18.4 Å². The number of rotatable bonds is 6. The Balaban J connectivity index is 2.12. The fourth-order valence-electron chi connectivity index (χ4n) is 1.46. The summed E-state index contributed by atoms with van der Waals surface area (Å²) in [6.45, 7) is 3.42. The number of sulfonamides is 1. The van der Waals surface area contributed by atoms with Gasteiger partial charge in [0.2, 0.25) is 0 Å². The number of anilines is 1. The van der Waals surface area contributed by atoms with E-state index in [-0.39, 0.29) is 4.90 Å². The van der Waals surface area contributed by atoms with Gasteiger partial charge in [-0.2, -0.15) is 5.10 Å². The Morgan fingerprint density at radius 1 is 1.39 bits per heavy atom. The summed E-state index contributed by atoms with van der Waals surface area (Å²) in [7, 11) is -3.56. The molecule has 0 aliphatic rings. The van der Waals surface area contributed by atoms with Crippen LogP contribution in [0.1, 0.15) is 12.6 Å². The maximum absolute atomic E-state index is 12.0. The molecule has 0 aliphatic carbocycles. The zero-order chi connectivity index (χ0) is 13.0. The fraction of sp³-hybridized carbons (Fsp3) is 0.300. The van der Waals surface area contributed by atoms with Gasteiger partial charge in [0.15, 0.2) is 0 Å². The van der Waals surface area contributed by atoms with Crippen LogP contribution in [0.2, 0.25) is 0 Å². The van der Waals surface area contributed by atoms with E-state index in [1.807, 2.05) is 6.92 Å². The molecule has 0 bridgehead atoms. The zero-order valence-corrected chi connectivity index (χ0v) is 10.7. The number of hydrogen-bond acceptors (Lipinski definition) is 4. The first kappa shape index (κ1) is 12.7. The average molecular weight is 269 g/mol. The summed E-state index contributed by atoms with van der Waals surface area (Å²) in [6.07, 6.45) is 4.35. The molecule has 0 atom stereocenters. The van der Waals surface area contributed by atoms with Crippen molar-refractivity contribution in [3.8, 4) is 0 Å². The predicted octanol–water partition coefficient (Wildman–Crippen LogP) is 0.648. The van der Waals surface area contributed by atoms with Crippen LogP contribution in [0.25, 0.3) is 0 Å². The summed E-state index contributed by atoms with van der Waals surface area (Å²) in [4.78, 5) is 3.13. The number of aromatic amines is 2. The van der Waals surface area contributed by atoms with E-state index in [0.29, 0.717) is 12.2 Å². The van der Waals surface area contributed by atoms with Gasteiger partial charge in [-0.15, -0.1) is 0 Å². The molecular formula is C10H15N5O2S. The molecule has 98 valence electrons. The zero-order valence-electron chi connectivity index (χ0n) is 9.90. The van der Waals surface area contributed by atoms with Gasteiger partial charge < -0.3 is 10.3 Å². The average Bonchev–Trinajstić information content (AvgIpc) is 2.96. The lowest BCUT2D eigenvalue weighted by Gasteiger charge is -2.02. The summed E-state index contributed by atoms with van der Waals surface area (Å²) in [5.41, 5.74) is 1.23. The van der Waals surface area contributed by atoms with Crippen LogP contribution < -0.4 is 10.0 Å². The summed E-state index contributed by atoms with van der Waals surface area (Å²) in [6, 6.07) is 1.60. The number of aromatic nitrogens is 3. The second-order valence-corrected chi connectivity index (χ2v) is 5.42. The summed E-state index contributed by atoms with van der Waals surface area (Å²) >= 11 is 0. The highest BCUT2D eigenvalue weighted by Gasteiger charge is 2.16. The molecule has 7 nitrogen and oxygen atoms in total. The molecule has 0 radical (unpaired) electrons. The minimum absolute atomic E-state index is 0.205. The molecule has 0 fully saturated rings. The maximum atomic E-state index is 12.0. The SMILES string of the molecule is CCNCc1cc(S(=O)(=O)Nc2cn[nH]c2)c[nH]1. The van der Waals surface area contributed by atoms with Gasteiger partial charge in [0.1, 0.15) is 4.90 Å². The van der Waals surface area contributed by atoms with Gasteiger partial charge in [-0.1, -0.05) is 6.92 Å². The third kappa shape index (κ3) is 2.90. The van der Waals surface area contributed by atoms with Crippen LogP contribution in [0.5, 0.6) is 0 Å². The van der Waals surface area contributed by atoms with Crippen molar-refractivity contribution >= 4 is 15.7 Å². The first-order valence-corrected chi connectivity index (χ1v) is 7.00. The van der Waals surface area contributed by atoms with Crippen LogP contribution in [-0.2, 0) is 16.6 Å². The molecule has 2 heterocycles. The van der Waals surface area contributed by atoms with Crippen LogP contribution in [0.3, 0.4) is 0 Å². The van der Waals surface area contributed by atoms with E-state index >= 15 is 0 Å². The van der Waals surface area contributed by atoms with Gasteiger partial charge in [-0.25, -0.2) is 8.42 Å². The number of H-pyrrole nitrogens is 2. The quantitative estimate of drug-likeness (QED) is 0.618. The maximum Gasteiger partial charge on any atom is 0.263 e. The molecule has 2 aromatic heterocycles. The number of hydrogen-bond donors (Lipinski definition) is 4. The van der Waals surface area contributed by atoms with E-state index in [4.69, 9.17) is 0 Å². The summed E-state index contributed by atoms with van der Waals surface area (Å²) in [5, 5.41) is 9.33. The molecule has 0 spiro atoms. The Labute approximate surface area is 105 Å². The van der Waals surface area contributed by atoms with E-state index in [9.17, 15) is 8.42 Å². The van der Waals surface area contributed by atoms with Crippen LogP contribution in [-0.4, -0.2) is 30.1 Å². The number of nitrogens with zero attached hydrogens (tertiary/aromatic N) is 1. The highest BCUT2D eigenvalue weighted by Crippen LogP contribution is 2.15. The van der Waals surface area contributed by atoms with Crippen molar-refractivity contribution in [2.75, 3.05) is 11.3 Å². The van der Waals surface area contributed by atoms with Gasteiger partial charge in [-0.3, -0.25) is 9.82 Å². The van der Waals surface area contributed by atoms with Crippen LogP contribution in [0.15, 0.2) is 29.6 Å². The van der Waals surface area contributed by atoms with Crippen LogP contribution in [0.4, 0.5) is 5.69 Å². The Morgan fingerprint density at radius 3 is 2.89 bits per heavy atom. The summed E-state index contributed by atoms with van der Waals surface area (Å²) in [5.74, 6) is 0. The molecule has 8 heteroatoms. The van der Waals surface area contributed by atoms with Crippen LogP contribution >= 0.6 is 0 Å². The topological polar surface area (TPSA) is 103 Å². The third-order valence-corrected chi connectivity index (χ3v) is 3.70. The van der Waals surface area contributed by atoms with Crippen molar-refractivity contribution in [3.05, 3.63) is 30.4 Å². The van der Waals surface area contributed by atoms with Gasteiger partial charge in [-0.05, 0) is 12.6 Å². The van der Waals surface area contributed by atoms with E-state index in [2.05, 4.69) is 25.2 Å². The molecule has 18 heavy (non-hydrogen) atoms. The Morgan fingerprint density at radius 2 is 2.22 bits per heavy atom. The highest BCUT2D eigenvalue weighted by atomic mass is 32.2. The Kier molecular flexibility index (Phi) is 3.68. The first-order chi connectivity index (χ1) is 8.62. The van der Waals surface area contributed by atoms with E-state index < -0.39 is 10.0 Å². The molecule has 2 aromatic rings. The molecule has 0 saturated carbocycles. The van der Waals surface area contributed by atoms with E-state index in [1.54, 1.807) is 6.07 Å². The minimum Gasteiger partial charge on any atom is -0.363 e. The predicted molar refractivity (Wildman–Crippen MR) is 67.6 cm³/mol. The van der Waals surface area contributed by atoms with Crippen molar-refractivity contribution in [2.24, 2.45) is 0 Å². The summed E-state index contributed by atoms with van der Waals surface area (Å²) < 4.78 is 26.4. The second-order valence-electron chi connectivity index (χ2n) is 3.73. The molecule has 0 unspecified atom stereocenters. The van der Waals surface area contributed by atoms with Gasteiger partial charge in [0.25, 0.3) is 10.0 Å². The first-order valence-electron chi connectivity index (χ1n) is 5.51. The monoisotopic (exact) mass is 269 g/mol. The van der Waals surface area contributed by atoms with Crippen molar-refractivity contribution < 1.29 is 8.42 Å². The van der Waals surface area contributed by atoms with Crippen molar-refractivity contribution in [1.82, 2.24) is 20.5 Å². The Bertz CT molecular complexity index is 588. The molecule has 0 aliphatic heterocycles. The van der Waals surface area contributed by atoms with Gasteiger partial charge in [0.05, 0.1) is 11.9 Å². The second kappa shape index (κ2) is 5.23. The lowest BCUT2D eigenvalue weighted by molar-refractivity contribution is 0.601. The Hall–Kier alpha value is -1.80. The highest BCUT2D eigenvalue weighted by molar-refractivity contribution is 7.92.